The van der Waals surface area contributed by atoms with Crippen molar-refractivity contribution in [3.63, 3.8) is 0 Å². The molecule has 0 saturated heterocycles. The highest BCUT2D eigenvalue weighted by atomic mass is 32.2. The second-order valence-electron chi connectivity index (χ2n) is 7.10. The molecule has 5 rings (SSSR count). The summed E-state index contributed by atoms with van der Waals surface area (Å²) >= 11 is 0. The van der Waals surface area contributed by atoms with Crippen LogP contribution >= 0.6 is 0 Å². The van der Waals surface area contributed by atoms with Gasteiger partial charge in [-0.25, -0.2) is 26.9 Å². The van der Waals surface area contributed by atoms with E-state index >= 15 is 0 Å². The Hall–Kier alpha value is -2.92. The van der Waals surface area contributed by atoms with Crippen LogP contribution in [0.3, 0.4) is 0 Å². The fourth-order valence-electron chi connectivity index (χ4n) is 4.00. The zero-order valence-electron chi connectivity index (χ0n) is 15.0. The summed E-state index contributed by atoms with van der Waals surface area (Å²) in [5.74, 6) is -1.56. The Labute approximate surface area is 164 Å². The van der Waals surface area contributed by atoms with Gasteiger partial charge in [-0.1, -0.05) is 6.07 Å². The third kappa shape index (κ3) is 2.97. The predicted octanol–water partition coefficient (Wildman–Crippen LogP) is 2.50. The van der Waals surface area contributed by atoms with Crippen LogP contribution < -0.4 is 4.72 Å². The second kappa shape index (κ2) is 6.56. The summed E-state index contributed by atoms with van der Waals surface area (Å²) in [7, 11) is -4.32. The van der Waals surface area contributed by atoms with Gasteiger partial charge < -0.3 is 4.98 Å². The van der Waals surface area contributed by atoms with E-state index in [-0.39, 0.29) is 5.92 Å². The normalized spacial score (nSPS) is 20.1. The third-order valence-electron chi connectivity index (χ3n) is 5.27. The number of H-pyrrole nitrogens is 1. The monoisotopic (exact) mass is 418 g/mol. The van der Waals surface area contributed by atoms with E-state index in [1.54, 1.807) is 12.4 Å². The van der Waals surface area contributed by atoms with Crippen LogP contribution in [0.5, 0.6) is 0 Å². The molecular formula is C18H16F2N6O2S. The van der Waals surface area contributed by atoms with Crippen LogP contribution in [0.4, 0.5) is 8.78 Å². The van der Waals surface area contributed by atoms with E-state index in [0.717, 1.165) is 23.7 Å². The van der Waals surface area contributed by atoms with Gasteiger partial charge in [0.2, 0.25) is 10.0 Å². The lowest BCUT2D eigenvalue weighted by atomic mass is 10.1. The first-order valence-electron chi connectivity index (χ1n) is 9.07. The van der Waals surface area contributed by atoms with Crippen LogP contribution in [0.2, 0.25) is 0 Å². The first-order valence-corrected chi connectivity index (χ1v) is 10.6. The Balaban J connectivity index is 1.42. The molecule has 150 valence electrons. The Morgan fingerprint density at radius 2 is 1.93 bits per heavy atom. The van der Waals surface area contributed by atoms with Crippen LogP contribution in [0.15, 0.2) is 41.6 Å². The van der Waals surface area contributed by atoms with Gasteiger partial charge in [0.05, 0.1) is 11.7 Å². The smallest absolute Gasteiger partial charge is 0.246 e. The number of aromatic amines is 1. The van der Waals surface area contributed by atoms with Gasteiger partial charge in [-0.3, -0.25) is 4.40 Å². The minimum absolute atomic E-state index is 0.0522. The van der Waals surface area contributed by atoms with Crippen molar-refractivity contribution in [2.24, 2.45) is 0 Å². The van der Waals surface area contributed by atoms with Crippen LogP contribution in [0.1, 0.15) is 31.0 Å². The van der Waals surface area contributed by atoms with Gasteiger partial charge in [0.1, 0.15) is 17.5 Å². The van der Waals surface area contributed by atoms with Crippen molar-refractivity contribution in [1.82, 2.24) is 29.3 Å². The molecule has 3 aromatic heterocycles. The van der Waals surface area contributed by atoms with Crippen LogP contribution in [-0.2, 0) is 10.0 Å². The number of nitrogens with one attached hydrogen (secondary N) is 2. The largest absolute Gasteiger partial charge is 0.345 e. The molecule has 4 aromatic rings. The lowest BCUT2D eigenvalue weighted by Gasteiger charge is -2.14. The van der Waals surface area contributed by atoms with Crippen molar-refractivity contribution >= 4 is 26.8 Å². The van der Waals surface area contributed by atoms with Crippen molar-refractivity contribution in [3.8, 4) is 0 Å². The summed E-state index contributed by atoms with van der Waals surface area (Å²) in [6, 6.07) is 4.39. The highest BCUT2D eigenvalue weighted by Gasteiger charge is 2.34. The maximum absolute atomic E-state index is 13.9. The average Bonchev–Trinajstić information content (AvgIpc) is 3.38. The van der Waals surface area contributed by atoms with Gasteiger partial charge in [-0.2, -0.15) is 0 Å². The van der Waals surface area contributed by atoms with E-state index < -0.39 is 32.6 Å². The molecule has 1 aliphatic carbocycles. The van der Waals surface area contributed by atoms with Crippen molar-refractivity contribution in [3.05, 3.63) is 54.1 Å². The summed E-state index contributed by atoms with van der Waals surface area (Å²) in [6.45, 7) is 0. The van der Waals surface area contributed by atoms with E-state index in [1.165, 1.54) is 0 Å². The molecule has 2 N–H and O–H groups in total. The van der Waals surface area contributed by atoms with Crippen molar-refractivity contribution in [2.45, 2.75) is 36.1 Å². The number of aromatic nitrogens is 5. The maximum Gasteiger partial charge on any atom is 0.246 e. The molecule has 0 spiro atoms. The number of nitrogens with zero attached hydrogens (tertiary/aromatic N) is 4. The number of fused-ring (bicyclic) bond motifs is 3. The molecule has 1 aromatic carbocycles. The van der Waals surface area contributed by atoms with Gasteiger partial charge in [0, 0.05) is 18.2 Å². The number of sulfonamides is 1. The summed E-state index contributed by atoms with van der Waals surface area (Å²) in [6.07, 6.45) is 5.03. The first kappa shape index (κ1) is 18.1. The predicted molar refractivity (Wildman–Crippen MR) is 99.7 cm³/mol. The molecule has 0 bridgehead atoms. The van der Waals surface area contributed by atoms with Crippen LogP contribution in [0, 0.1) is 11.6 Å². The van der Waals surface area contributed by atoms with Gasteiger partial charge in [0.15, 0.2) is 16.2 Å². The number of benzene rings is 1. The maximum atomic E-state index is 13.9. The zero-order valence-corrected chi connectivity index (χ0v) is 15.8. The lowest BCUT2D eigenvalue weighted by molar-refractivity contribution is 0.503. The molecule has 2 atom stereocenters. The van der Waals surface area contributed by atoms with E-state index in [0.29, 0.717) is 36.4 Å². The molecule has 0 radical (unpaired) electrons. The van der Waals surface area contributed by atoms with E-state index in [9.17, 15) is 17.2 Å². The molecule has 1 saturated carbocycles. The molecule has 29 heavy (non-hydrogen) atoms. The van der Waals surface area contributed by atoms with E-state index in [2.05, 4.69) is 24.9 Å². The summed E-state index contributed by atoms with van der Waals surface area (Å²) in [5.41, 5.74) is 2.13. The first-order chi connectivity index (χ1) is 13.9. The number of hydrogen-bond donors (Lipinski definition) is 2. The summed E-state index contributed by atoms with van der Waals surface area (Å²) < 4.78 is 57.3. The van der Waals surface area contributed by atoms with E-state index in [4.69, 9.17) is 0 Å². The van der Waals surface area contributed by atoms with Gasteiger partial charge in [-0.05, 0) is 37.5 Å². The molecule has 1 aliphatic rings. The van der Waals surface area contributed by atoms with Crippen molar-refractivity contribution in [1.29, 1.82) is 0 Å². The minimum Gasteiger partial charge on any atom is -0.345 e. The fraction of sp³-hybridized carbons (Fsp3) is 0.278. The average molecular weight is 418 g/mol. The van der Waals surface area contributed by atoms with Crippen molar-refractivity contribution < 1.29 is 17.2 Å². The Morgan fingerprint density at radius 1 is 1.14 bits per heavy atom. The van der Waals surface area contributed by atoms with Crippen LogP contribution in [-0.4, -0.2) is 39.0 Å². The minimum atomic E-state index is -4.32. The van der Waals surface area contributed by atoms with Gasteiger partial charge in [0.25, 0.3) is 0 Å². The molecule has 0 unspecified atom stereocenters. The van der Waals surface area contributed by atoms with E-state index in [1.807, 2.05) is 10.5 Å². The van der Waals surface area contributed by atoms with Gasteiger partial charge >= 0.3 is 0 Å². The highest BCUT2D eigenvalue weighted by molar-refractivity contribution is 7.89. The number of hydrogen-bond acceptors (Lipinski definition) is 5. The molecule has 0 amide bonds. The lowest BCUT2D eigenvalue weighted by Crippen LogP contribution is -2.34. The zero-order chi connectivity index (χ0) is 20.2. The molecule has 3 heterocycles. The third-order valence-corrected chi connectivity index (χ3v) is 6.85. The van der Waals surface area contributed by atoms with Gasteiger partial charge in [-0.15, -0.1) is 10.2 Å². The quantitative estimate of drug-likeness (QED) is 0.530. The SMILES string of the molecule is O=S(=O)(N[C@H]1CC[C@@H](c2nnc3cnc4[nH]ccc4n23)C1)c1c(F)cccc1F. The fourth-order valence-corrected chi connectivity index (χ4v) is 5.42. The standard InChI is InChI=1S/C18H16F2N6O2S/c19-12-2-1-3-13(20)16(12)29(27,28)25-11-5-4-10(8-11)18-24-23-15-9-22-17-14(26(15)18)6-7-21-17/h1-3,6-7,9-11,21,25H,4-5,8H2/t10-,11+/m1/s1. The topological polar surface area (TPSA) is 105 Å². The molecule has 1 fully saturated rings. The van der Waals surface area contributed by atoms with Crippen LogP contribution in [0.25, 0.3) is 16.8 Å². The molecule has 8 nitrogen and oxygen atoms in total. The summed E-state index contributed by atoms with van der Waals surface area (Å²) in [5, 5.41) is 8.45. The Bertz CT molecular complexity index is 1310. The summed E-state index contributed by atoms with van der Waals surface area (Å²) in [4.78, 5) is 6.37. The number of rotatable bonds is 4. The second-order valence-corrected chi connectivity index (χ2v) is 8.75. The number of halogens is 2. The molecule has 0 aliphatic heterocycles. The molecule has 11 heteroatoms. The Morgan fingerprint density at radius 3 is 2.72 bits per heavy atom. The molecular weight excluding hydrogens is 402 g/mol. The van der Waals surface area contributed by atoms with Crippen molar-refractivity contribution in [2.75, 3.05) is 0 Å². The highest BCUT2D eigenvalue weighted by Crippen LogP contribution is 2.35. The Kier molecular flexibility index (Phi) is 4.10.